The Kier molecular flexibility index (Phi) is 4.75. The number of aromatic carboxylic acids is 1. The summed E-state index contributed by atoms with van der Waals surface area (Å²) >= 11 is 0. The topological polar surface area (TPSA) is 115 Å². The van der Waals surface area contributed by atoms with E-state index in [1.165, 1.54) is 24.4 Å². The van der Waals surface area contributed by atoms with Crippen LogP contribution in [0.15, 0.2) is 24.4 Å². The molecule has 0 amide bonds. The Morgan fingerprint density at radius 3 is 2.44 bits per heavy atom. The van der Waals surface area contributed by atoms with Crippen LogP contribution < -0.4 is 5.73 Å². The monoisotopic (exact) mass is 339 g/mol. The van der Waals surface area contributed by atoms with Crippen LogP contribution in [0.1, 0.15) is 47.3 Å². The number of aromatic nitrogens is 2. The van der Waals surface area contributed by atoms with Crippen LogP contribution in [0, 0.1) is 12.3 Å². The number of terminal acetylenes is 1. The number of carbonyl (C=O) groups excluding carboxylic acids is 1. The summed E-state index contributed by atoms with van der Waals surface area (Å²) in [4.78, 5) is 31.5. The van der Waals surface area contributed by atoms with E-state index in [1.54, 1.807) is 20.8 Å². The van der Waals surface area contributed by atoms with Gasteiger partial charge in [0.15, 0.2) is 5.69 Å². The first-order chi connectivity index (χ1) is 11.6. The van der Waals surface area contributed by atoms with Gasteiger partial charge < -0.3 is 15.6 Å². The van der Waals surface area contributed by atoms with Gasteiger partial charge in [-0.1, -0.05) is 0 Å². The maximum atomic E-state index is 12.1. The maximum Gasteiger partial charge on any atom is 0.357 e. The third-order valence-corrected chi connectivity index (χ3v) is 3.12. The number of nitrogens with zero attached hydrogens (tertiary/aromatic N) is 2. The molecule has 7 nitrogen and oxygen atoms in total. The number of carbonyl (C=O) groups is 2. The zero-order chi connectivity index (χ0) is 18.8. The normalized spacial score (nSPS) is 10.8. The minimum absolute atomic E-state index is 0.0133. The number of hydrogen-bond acceptors (Lipinski definition) is 6. The molecule has 128 valence electrons. The summed E-state index contributed by atoms with van der Waals surface area (Å²) in [5.74, 6) is 0.369. The standard InChI is InChI=1S/C18H17N3O4/c1-5-12-14(16(22)23)10(8-9-20-12)11-6-7-13(21-15(11)19)17(24)25-18(2,3)4/h1,6-9H,2-4H3,(H2,19,21)(H,22,23). The Labute approximate surface area is 144 Å². The number of nitrogen functional groups attached to an aromatic ring is 1. The number of carboxylic acids is 1. The van der Waals surface area contributed by atoms with Crippen LogP contribution in [0.4, 0.5) is 5.82 Å². The van der Waals surface area contributed by atoms with Crippen molar-refractivity contribution in [3.05, 3.63) is 41.3 Å². The second kappa shape index (κ2) is 6.61. The largest absolute Gasteiger partial charge is 0.478 e. The molecule has 3 N–H and O–H groups in total. The van der Waals surface area contributed by atoms with Gasteiger partial charge in [-0.25, -0.2) is 19.6 Å². The Hall–Kier alpha value is -3.40. The van der Waals surface area contributed by atoms with Crippen molar-refractivity contribution in [3.63, 3.8) is 0 Å². The van der Waals surface area contributed by atoms with Gasteiger partial charge in [-0.15, -0.1) is 6.42 Å². The fourth-order valence-electron chi connectivity index (χ4n) is 2.16. The number of nitrogens with two attached hydrogens (primary N) is 1. The summed E-state index contributed by atoms with van der Waals surface area (Å²) in [5.41, 5.74) is 5.74. The molecule has 2 aromatic heterocycles. The van der Waals surface area contributed by atoms with Gasteiger partial charge in [-0.05, 0) is 44.9 Å². The van der Waals surface area contributed by atoms with Crippen LogP contribution >= 0.6 is 0 Å². The van der Waals surface area contributed by atoms with Crippen LogP contribution in [0.2, 0.25) is 0 Å². The summed E-state index contributed by atoms with van der Waals surface area (Å²) < 4.78 is 5.24. The highest BCUT2D eigenvalue weighted by atomic mass is 16.6. The SMILES string of the molecule is C#Cc1nccc(-c2ccc(C(=O)OC(C)(C)C)nc2N)c1C(=O)O. The second-order valence-electron chi connectivity index (χ2n) is 6.16. The van der Waals surface area contributed by atoms with E-state index in [9.17, 15) is 14.7 Å². The van der Waals surface area contributed by atoms with Crippen molar-refractivity contribution in [2.75, 3.05) is 5.73 Å². The van der Waals surface area contributed by atoms with Gasteiger partial charge in [-0.3, -0.25) is 0 Å². The average Bonchev–Trinajstić information content (AvgIpc) is 2.52. The van der Waals surface area contributed by atoms with Crippen molar-refractivity contribution in [2.24, 2.45) is 0 Å². The number of hydrogen-bond donors (Lipinski definition) is 2. The van der Waals surface area contributed by atoms with E-state index < -0.39 is 17.5 Å². The summed E-state index contributed by atoms with van der Waals surface area (Å²) in [6.07, 6.45) is 6.70. The van der Waals surface area contributed by atoms with Crippen molar-refractivity contribution in [3.8, 4) is 23.5 Å². The molecule has 0 unspecified atom stereocenters. The number of pyridine rings is 2. The molecule has 0 aliphatic carbocycles. The molecule has 0 radical (unpaired) electrons. The molecular weight excluding hydrogens is 322 g/mol. The first-order valence-corrected chi connectivity index (χ1v) is 7.33. The summed E-state index contributed by atoms with van der Waals surface area (Å²) in [6, 6.07) is 4.40. The zero-order valence-electron chi connectivity index (χ0n) is 14.0. The number of carboxylic acid groups (broad SMARTS) is 1. The van der Waals surface area contributed by atoms with Crippen LogP contribution in [-0.2, 0) is 4.74 Å². The highest BCUT2D eigenvalue weighted by Gasteiger charge is 2.22. The van der Waals surface area contributed by atoms with Crippen molar-refractivity contribution >= 4 is 17.8 Å². The molecule has 0 aromatic carbocycles. The predicted octanol–water partition coefficient (Wildman–Crippen LogP) is 2.36. The smallest absolute Gasteiger partial charge is 0.357 e. The van der Waals surface area contributed by atoms with Crippen LogP contribution in [0.5, 0.6) is 0 Å². The van der Waals surface area contributed by atoms with Crippen molar-refractivity contribution < 1.29 is 19.4 Å². The lowest BCUT2D eigenvalue weighted by molar-refractivity contribution is 0.00628. The van der Waals surface area contributed by atoms with E-state index in [4.69, 9.17) is 16.9 Å². The molecule has 0 saturated carbocycles. The summed E-state index contributed by atoms with van der Waals surface area (Å²) in [6.45, 7) is 5.21. The molecule has 0 fully saturated rings. The van der Waals surface area contributed by atoms with E-state index in [-0.39, 0.29) is 28.3 Å². The van der Waals surface area contributed by atoms with E-state index in [1.807, 2.05) is 0 Å². The van der Waals surface area contributed by atoms with Gasteiger partial charge in [0, 0.05) is 17.3 Å². The minimum Gasteiger partial charge on any atom is -0.478 e. The van der Waals surface area contributed by atoms with Crippen LogP contribution in [0.25, 0.3) is 11.1 Å². The lowest BCUT2D eigenvalue weighted by Gasteiger charge is -2.19. The quantitative estimate of drug-likeness (QED) is 0.651. The van der Waals surface area contributed by atoms with Gasteiger partial charge in [0.2, 0.25) is 0 Å². The van der Waals surface area contributed by atoms with E-state index in [0.717, 1.165) is 0 Å². The molecule has 2 aromatic rings. The summed E-state index contributed by atoms with van der Waals surface area (Å²) in [7, 11) is 0. The maximum absolute atomic E-state index is 12.1. The first-order valence-electron chi connectivity index (χ1n) is 7.33. The molecule has 0 aliphatic heterocycles. The Bertz CT molecular complexity index is 892. The molecule has 7 heteroatoms. The molecule has 0 atom stereocenters. The lowest BCUT2D eigenvalue weighted by Crippen LogP contribution is -2.24. The van der Waals surface area contributed by atoms with Crippen LogP contribution in [-0.4, -0.2) is 32.6 Å². The van der Waals surface area contributed by atoms with Crippen molar-refractivity contribution in [1.82, 2.24) is 9.97 Å². The third kappa shape index (κ3) is 3.93. The number of ether oxygens (including phenoxy) is 1. The molecule has 0 aliphatic rings. The van der Waals surface area contributed by atoms with Crippen LogP contribution in [0.3, 0.4) is 0 Å². The van der Waals surface area contributed by atoms with Gasteiger partial charge in [0.25, 0.3) is 0 Å². The molecule has 0 spiro atoms. The molecule has 25 heavy (non-hydrogen) atoms. The van der Waals surface area contributed by atoms with Gasteiger partial charge >= 0.3 is 11.9 Å². The highest BCUT2D eigenvalue weighted by molar-refractivity contribution is 6.00. The van der Waals surface area contributed by atoms with Gasteiger partial charge in [-0.2, -0.15) is 0 Å². The highest BCUT2D eigenvalue weighted by Crippen LogP contribution is 2.29. The van der Waals surface area contributed by atoms with E-state index >= 15 is 0 Å². The number of esters is 1. The fourth-order valence-corrected chi connectivity index (χ4v) is 2.16. The average molecular weight is 339 g/mol. The Morgan fingerprint density at radius 1 is 1.24 bits per heavy atom. The second-order valence-corrected chi connectivity index (χ2v) is 6.16. The third-order valence-electron chi connectivity index (χ3n) is 3.12. The van der Waals surface area contributed by atoms with E-state index in [0.29, 0.717) is 5.56 Å². The molecule has 0 saturated heterocycles. The Morgan fingerprint density at radius 2 is 1.92 bits per heavy atom. The molecule has 2 rings (SSSR count). The molecule has 2 heterocycles. The Balaban J connectivity index is 2.52. The predicted molar refractivity (Wildman–Crippen MR) is 91.9 cm³/mol. The zero-order valence-corrected chi connectivity index (χ0v) is 14.0. The van der Waals surface area contributed by atoms with Crippen molar-refractivity contribution in [1.29, 1.82) is 0 Å². The van der Waals surface area contributed by atoms with Crippen molar-refractivity contribution in [2.45, 2.75) is 26.4 Å². The summed E-state index contributed by atoms with van der Waals surface area (Å²) in [5, 5.41) is 9.43. The number of anilines is 1. The number of rotatable bonds is 3. The molecular formula is C18H17N3O4. The van der Waals surface area contributed by atoms with E-state index in [2.05, 4.69) is 15.9 Å². The fraction of sp³-hybridized carbons (Fsp3) is 0.222. The van der Waals surface area contributed by atoms with Gasteiger partial charge in [0.1, 0.15) is 22.7 Å². The first kappa shape index (κ1) is 17.9. The lowest BCUT2D eigenvalue weighted by atomic mass is 9.99. The molecule has 0 bridgehead atoms. The minimum atomic E-state index is -1.23. The van der Waals surface area contributed by atoms with Gasteiger partial charge in [0.05, 0.1) is 0 Å².